The third kappa shape index (κ3) is 5.05. The van der Waals surface area contributed by atoms with Crippen molar-refractivity contribution in [2.24, 2.45) is 0 Å². The lowest BCUT2D eigenvalue weighted by molar-refractivity contribution is 0.102. The van der Waals surface area contributed by atoms with E-state index in [0.29, 0.717) is 17.6 Å². The molecule has 1 aromatic carbocycles. The molecule has 1 amide bonds. The Balaban J connectivity index is 2.17. The van der Waals surface area contributed by atoms with Gasteiger partial charge in [-0.05, 0) is 57.4 Å². The van der Waals surface area contributed by atoms with Crippen LogP contribution in [0.3, 0.4) is 0 Å². The van der Waals surface area contributed by atoms with Crippen LogP contribution in [0.25, 0.3) is 0 Å². The van der Waals surface area contributed by atoms with E-state index in [4.69, 9.17) is 0 Å². The number of nitrogens with one attached hydrogen (secondary N) is 2. The predicted octanol–water partition coefficient (Wildman–Crippen LogP) is 4.37. The minimum absolute atomic E-state index is 0.172. The molecule has 2 rings (SSSR count). The lowest BCUT2D eigenvalue weighted by atomic mass is 10.0. The van der Waals surface area contributed by atoms with Crippen LogP contribution in [-0.4, -0.2) is 21.4 Å². The summed E-state index contributed by atoms with van der Waals surface area (Å²) < 4.78 is 0. The van der Waals surface area contributed by atoms with E-state index in [-0.39, 0.29) is 11.4 Å². The first-order chi connectivity index (χ1) is 11.1. The average molecular weight is 326 g/mol. The van der Waals surface area contributed by atoms with Gasteiger partial charge in [-0.3, -0.25) is 4.79 Å². The Bertz CT molecular complexity index is 715. The maximum absolute atomic E-state index is 12.5. The molecule has 0 aliphatic rings. The van der Waals surface area contributed by atoms with Crippen LogP contribution in [0.4, 0.5) is 11.6 Å². The van der Waals surface area contributed by atoms with Crippen LogP contribution >= 0.6 is 0 Å². The van der Waals surface area contributed by atoms with Crippen molar-refractivity contribution in [1.82, 2.24) is 9.97 Å². The number of carbonyl (C=O) groups is 1. The zero-order valence-electron chi connectivity index (χ0n) is 15.3. The summed E-state index contributed by atoms with van der Waals surface area (Å²) in [6, 6.07) is 9.56. The second-order valence-electron chi connectivity index (χ2n) is 7.32. The Morgan fingerprint density at radius 1 is 1.08 bits per heavy atom. The second kappa shape index (κ2) is 6.99. The normalized spacial score (nSPS) is 11.5. The van der Waals surface area contributed by atoms with Crippen LogP contribution in [-0.2, 0) is 0 Å². The van der Waals surface area contributed by atoms with Gasteiger partial charge in [-0.15, -0.1) is 0 Å². The number of aromatic nitrogens is 2. The van der Waals surface area contributed by atoms with E-state index in [1.165, 1.54) is 5.56 Å². The molecule has 0 unspecified atom stereocenters. The van der Waals surface area contributed by atoms with Crippen LogP contribution in [0.2, 0.25) is 0 Å². The van der Waals surface area contributed by atoms with Gasteiger partial charge >= 0.3 is 0 Å². The molecule has 0 saturated carbocycles. The predicted molar refractivity (Wildman–Crippen MR) is 98.6 cm³/mol. The molecule has 0 radical (unpaired) electrons. The Hall–Kier alpha value is -2.43. The first-order valence-electron chi connectivity index (χ1n) is 8.19. The molecule has 0 bridgehead atoms. The molecule has 5 nitrogen and oxygen atoms in total. The molecule has 0 aliphatic carbocycles. The van der Waals surface area contributed by atoms with Crippen molar-refractivity contribution in [3.63, 3.8) is 0 Å². The van der Waals surface area contributed by atoms with Gasteiger partial charge in [0.1, 0.15) is 5.69 Å². The average Bonchev–Trinajstić information content (AvgIpc) is 2.45. The number of nitrogens with zero attached hydrogens (tertiary/aromatic N) is 2. The standard InChI is InChI=1S/C19H26N4O/c1-12(2)14-7-9-15(10-8-14)21-17(24)16-11-13(3)20-18(22-16)23-19(4,5)6/h7-12H,1-6H3,(H,21,24)(H,20,22,23). The number of aryl methyl sites for hydroxylation is 1. The van der Waals surface area contributed by atoms with Crippen molar-refractivity contribution in [2.45, 2.75) is 53.0 Å². The van der Waals surface area contributed by atoms with E-state index in [1.807, 2.05) is 52.0 Å². The van der Waals surface area contributed by atoms with Crippen LogP contribution in [0.15, 0.2) is 30.3 Å². The second-order valence-corrected chi connectivity index (χ2v) is 7.32. The van der Waals surface area contributed by atoms with Gasteiger partial charge in [0.25, 0.3) is 5.91 Å². The SMILES string of the molecule is Cc1cc(C(=O)Nc2ccc(C(C)C)cc2)nc(NC(C)(C)C)n1. The monoisotopic (exact) mass is 326 g/mol. The van der Waals surface area contributed by atoms with Gasteiger partial charge in [0, 0.05) is 16.9 Å². The van der Waals surface area contributed by atoms with E-state index in [1.54, 1.807) is 6.07 Å². The number of hydrogen-bond acceptors (Lipinski definition) is 4. The van der Waals surface area contributed by atoms with E-state index in [2.05, 4.69) is 34.4 Å². The molecule has 24 heavy (non-hydrogen) atoms. The quantitative estimate of drug-likeness (QED) is 0.875. The molecule has 0 aliphatic heterocycles. The highest BCUT2D eigenvalue weighted by Gasteiger charge is 2.15. The Morgan fingerprint density at radius 3 is 2.25 bits per heavy atom. The molecule has 2 N–H and O–H groups in total. The lowest BCUT2D eigenvalue weighted by Gasteiger charge is -2.20. The minimum Gasteiger partial charge on any atom is -0.350 e. The Morgan fingerprint density at radius 2 is 1.71 bits per heavy atom. The summed E-state index contributed by atoms with van der Waals surface area (Å²) in [6.07, 6.45) is 0. The third-order valence-corrected chi connectivity index (χ3v) is 3.41. The molecule has 0 spiro atoms. The summed E-state index contributed by atoms with van der Waals surface area (Å²) in [7, 11) is 0. The maximum Gasteiger partial charge on any atom is 0.274 e. The molecule has 0 fully saturated rings. The number of anilines is 2. The van der Waals surface area contributed by atoms with Crippen LogP contribution < -0.4 is 10.6 Å². The molecule has 2 aromatic rings. The van der Waals surface area contributed by atoms with Gasteiger partial charge in [-0.2, -0.15) is 0 Å². The summed E-state index contributed by atoms with van der Waals surface area (Å²) in [6.45, 7) is 12.2. The fraction of sp³-hybridized carbons (Fsp3) is 0.421. The first-order valence-corrected chi connectivity index (χ1v) is 8.19. The number of benzene rings is 1. The summed E-state index contributed by atoms with van der Waals surface area (Å²) in [4.78, 5) is 21.1. The van der Waals surface area contributed by atoms with Crippen LogP contribution in [0, 0.1) is 6.92 Å². The highest BCUT2D eigenvalue weighted by molar-refractivity contribution is 6.03. The molecular formula is C19H26N4O. The Kier molecular flexibility index (Phi) is 5.22. The van der Waals surface area contributed by atoms with Crippen LogP contribution in [0.1, 0.15) is 62.3 Å². The first kappa shape index (κ1) is 17.9. The third-order valence-electron chi connectivity index (χ3n) is 3.41. The molecule has 1 heterocycles. The summed E-state index contributed by atoms with van der Waals surface area (Å²) in [5, 5.41) is 6.08. The number of hydrogen-bond donors (Lipinski definition) is 2. The van der Waals surface area contributed by atoms with Gasteiger partial charge in [-0.25, -0.2) is 9.97 Å². The summed E-state index contributed by atoms with van der Waals surface area (Å²) in [5.41, 5.74) is 2.92. The summed E-state index contributed by atoms with van der Waals surface area (Å²) >= 11 is 0. The van der Waals surface area contributed by atoms with Gasteiger partial charge < -0.3 is 10.6 Å². The molecule has 5 heteroatoms. The van der Waals surface area contributed by atoms with Crippen LogP contribution in [0.5, 0.6) is 0 Å². The van der Waals surface area contributed by atoms with Crippen molar-refractivity contribution >= 4 is 17.5 Å². The zero-order valence-corrected chi connectivity index (χ0v) is 15.3. The molecule has 128 valence electrons. The molecule has 1 aromatic heterocycles. The topological polar surface area (TPSA) is 66.9 Å². The van der Waals surface area contributed by atoms with E-state index >= 15 is 0 Å². The van der Waals surface area contributed by atoms with Crippen molar-refractivity contribution in [3.8, 4) is 0 Å². The van der Waals surface area contributed by atoms with Crippen molar-refractivity contribution in [2.75, 3.05) is 10.6 Å². The molecule has 0 saturated heterocycles. The summed E-state index contributed by atoms with van der Waals surface area (Å²) in [5.74, 6) is 0.683. The fourth-order valence-corrected chi connectivity index (χ4v) is 2.22. The highest BCUT2D eigenvalue weighted by Crippen LogP contribution is 2.18. The smallest absolute Gasteiger partial charge is 0.274 e. The zero-order chi connectivity index (χ0) is 17.9. The lowest BCUT2D eigenvalue weighted by Crippen LogP contribution is -2.28. The Labute approximate surface area is 143 Å². The van der Waals surface area contributed by atoms with Gasteiger partial charge in [0.15, 0.2) is 0 Å². The van der Waals surface area contributed by atoms with Gasteiger partial charge in [0.05, 0.1) is 0 Å². The van der Waals surface area contributed by atoms with E-state index < -0.39 is 0 Å². The number of carbonyl (C=O) groups excluding carboxylic acids is 1. The molecule has 0 atom stereocenters. The number of rotatable bonds is 4. The van der Waals surface area contributed by atoms with Crippen molar-refractivity contribution in [1.29, 1.82) is 0 Å². The fourth-order valence-electron chi connectivity index (χ4n) is 2.22. The largest absolute Gasteiger partial charge is 0.350 e. The van der Waals surface area contributed by atoms with Crippen molar-refractivity contribution in [3.05, 3.63) is 47.3 Å². The van der Waals surface area contributed by atoms with Gasteiger partial charge in [0.2, 0.25) is 5.95 Å². The molecular weight excluding hydrogens is 300 g/mol. The highest BCUT2D eigenvalue weighted by atomic mass is 16.1. The maximum atomic E-state index is 12.5. The van der Waals surface area contributed by atoms with E-state index in [9.17, 15) is 4.79 Å². The van der Waals surface area contributed by atoms with Gasteiger partial charge in [-0.1, -0.05) is 26.0 Å². The van der Waals surface area contributed by atoms with Crippen molar-refractivity contribution < 1.29 is 4.79 Å². The van der Waals surface area contributed by atoms with E-state index in [0.717, 1.165) is 11.4 Å². The number of amides is 1. The minimum atomic E-state index is -0.241.